The molecule has 0 saturated carbocycles. The molecule has 0 amide bonds. The third-order valence-corrected chi connectivity index (χ3v) is 6.47. The van der Waals surface area contributed by atoms with Crippen molar-refractivity contribution < 1.29 is 8.42 Å². The van der Waals surface area contributed by atoms with Gasteiger partial charge in [-0.3, -0.25) is 4.68 Å². The molecule has 22 heavy (non-hydrogen) atoms. The summed E-state index contributed by atoms with van der Waals surface area (Å²) in [4.78, 5) is 0.369. The van der Waals surface area contributed by atoms with Crippen LogP contribution in [0.25, 0.3) is 0 Å². The summed E-state index contributed by atoms with van der Waals surface area (Å²) >= 11 is 0. The number of nitrogens with two attached hydrogens (primary N) is 1. The van der Waals surface area contributed by atoms with E-state index >= 15 is 0 Å². The molecule has 1 saturated heterocycles. The minimum atomic E-state index is -3.53. The van der Waals surface area contributed by atoms with Crippen LogP contribution in [0.5, 0.6) is 0 Å². The highest BCUT2D eigenvalue weighted by molar-refractivity contribution is 7.89. The molecule has 1 aliphatic rings. The molecule has 7 heteroatoms. The third kappa shape index (κ3) is 3.21. The summed E-state index contributed by atoms with van der Waals surface area (Å²) in [7, 11) is -3.53. The fourth-order valence-electron chi connectivity index (χ4n) is 3.22. The molecule has 1 aromatic heterocycles. The van der Waals surface area contributed by atoms with E-state index in [9.17, 15) is 8.42 Å². The Kier molecular flexibility index (Phi) is 5.29. The standard InChI is InChI=1S/C15H28N4O2S/c1-11(2)10-18-13(4)15(12(3)17-18)22(20,21)19-8-6-5-7-14(19)9-16/h11,14H,5-10,16H2,1-4H3. The summed E-state index contributed by atoms with van der Waals surface area (Å²) in [6.07, 6.45) is 2.78. The second kappa shape index (κ2) is 6.68. The Morgan fingerprint density at radius 3 is 2.59 bits per heavy atom. The molecular weight excluding hydrogens is 300 g/mol. The molecule has 2 rings (SSSR count). The van der Waals surface area contributed by atoms with Crippen LogP contribution in [0, 0.1) is 19.8 Å². The van der Waals surface area contributed by atoms with Crippen LogP contribution in [0.2, 0.25) is 0 Å². The van der Waals surface area contributed by atoms with Crippen molar-refractivity contribution in [1.82, 2.24) is 14.1 Å². The van der Waals surface area contributed by atoms with Gasteiger partial charge in [0.15, 0.2) is 0 Å². The molecular formula is C15H28N4O2S. The second-order valence-electron chi connectivity index (χ2n) is 6.58. The zero-order valence-electron chi connectivity index (χ0n) is 14.0. The van der Waals surface area contributed by atoms with Gasteiger partial charge in [0.05, 0.1) is 11.4 Å². The molecule has 6 nitrogen and oxygen atoms in total. The van der Waals surface area contributed by atoms with Gasteiger partial charge in [0, 0.05) is 25.7 Å². The van der Waals surface area contributed by atoms with Crippen LogP contribution in [0.15, 0.2) is 4.90 Å². The van der Waals surface area contributed by atoms with E-state index in [1.54, 1.807) is 11.2 Å². The summed E-state index contributed by atoms with van der Waals surface area (Å²) < 4.78 is 29.6. The van der Waals surface area contributed by atoms with Crippen LogP contribution in [-0.4, -0.2) is 41.6 Å². The van der Waals surface area contributed by atoms with Crippen molar-refractivity contribution in [2.24, 2.45) is 11.7 Å². The molecule has 126 valence electrons. The maximum atomic E-state index is 13.1. The van der Waals surface area contributed by atoms with E-state index in [2.05, 4.69) is 18.9 Å². The lowest BCUT2D eigenvalue weighted by Gasteiger charge is -2.33. The van der Waals surface area contributed by atoms with Crippen LogP contribution in [0.1, 0.15) is 44.5 Å². The van der Waals surface area contributed by atoms with Gasteiger partial charge in [-0.1, -0.05) is 20.3 Å². The lowest BCUT2D eigenvalue weighted by atomic mass is 10.1. The van der Waals surface area contributed by atoms with Crippen LogP contribution >= 0.6 is 0 Å². The fraction of sp³-hybridized carbons (Fsp3) is 0.800. The topological polar surface area (TPSA) is 81.2 Å². The van der Waals surface area contributed by atoms with Crippen molar-refractivity contribution in [3.05, 3.63) is 11.4 Å². The first-order valence-electron chi connectivity index (χ1n) is 8.05. The highest BCUT2D eigenvalue weighted by atomic mass is 32.2. The number of aryl methyl sites for hydroxylation is 1. The number of nitrogens with zero attached hydrogens (tertiary/aromatic N) is 3. The van der Waals surface area contributed by atoms with Gasteiger partial charge in [-0.2, -0.15) is 9.40 Å². The number of hydrogen-bond donors (Lipinski definition) is 1. The quantitative estimate of drug-likeness (QED) is 0.891. The Bertz CT molecular complexity index is 622. The number of piperidine rings is 1. The maximum Gasteiger partial charge on any atom is 0.247 e. The van der Waals surface area contributed by atoms with Gasteiger partial charge in [-0.15, -0.1) is 0 Å². The molecule has 1 aliphatic heterocycles. The Hall–Kier alpha value is -0.920. The molecule has 1 fully saturated rings. The SMILES string of the molecule is Cc1nn(CC(C)C)c(C)c1S(=O)(=O)N1CCCCC1CN. The van der Waals surface area contributed by atoms with Crippen molar-refractivity contribution in [3.8, 4) is 0 Å². The maximum absolute atomic E-state index is 13.1. The van der Waals surface area contributed by atoms with Crippen molar-refractivity contribution in [2.75, 3.05) is 13.1 Å². The molecule has 1 aromatic rings. The van der Waals surface area contributed by atoms with Gasteiger partial charge in [0.25, 0.3) is 0 Å². The lowest BCUT2D eigenvalue weighted by Crippen LogP contribution is -2.47. The number of hydrogen-bond acceptors (Lipinski definition) is 4. The summed E-state index contributed by atoms with van der Waals surface area (Å²) in [6, 6.07) is -0.0917. The zero-order valence-corrected chi connectivity index (χ0v) is 14.9. The lowest BCUT2D eigenvalue weighted by molar-refractivity contribution is 0.257. The number of aromatic nitrogens is 2. The van der Waals surface area contributed by atoms with E-state index in [4.69, 9.17) is 5.73 Å². The van der Waals surface area contributed by atoms with Crippen molar-refractivity contribution in [3.63, 3.8) is 0 Å². The first kappa shape index (κ1) is 17.4. The van der Waals surface area contributed by atoms with E-state index in [0.717, 1.165) is 31.5 Å². The summed E-state index contributed by atoms with van der Waals surface area (Å²) in [5.74, 6) is 0.417. The minimum absolute atomic E-state index is 0.0917. The Balaban J connectivity index is 2.43. The fourth-order valence-corrected chi connectivity index (χ4v) is 5.30. The van der Waals surface area contributed by atoms with Crippen LogP contribution in [0.3, 0.4) is 0 Å². The first-order valence-corrected chi connectivity index (χ1v) is 9.49. The largest absolute Gasteiger partial charge is 0.329 e. The van der Waals surface area contributed by atoms with Crippen molar-refractivity contribution in [2.45, 2.75) is 64.4 Å². The highest BCUT2D eigenvalue weighted by Gasteiger charge is 2.36. The molecule has 0 aromatic carbocycles. The smallest absolute Gasteiger partial charge is 0.247 e. The van der Waals surface area contributed by atoms with Crippen LogP contribution < -0.4 is 5.73 Å². The predicted molar refractivity (Wildman–Crippen MR) is 87.1 cm³/mol. The van der Waals surface area contributed by atoms with Gasteiger partial charge in [0.1, 0.15) is 4.90 Å². The molecule has 1 unspecified atom stereocenters. The van der Waals surface area contributed by atoms with Gasteiger partial charge >= 0.3 is 0 Å². The minimum Gasteiger partial charge on any atom is -0.329 e. The zero-order chi connectivity index (χ0) is 16.5. The third-order valence-electron chi connectivity index (χ3n) is 4.27. The number of sulfonamides is 1. The molecule has 0 bridgehead atoms. The Morgan fingerprint density at radius 1 is 1.32 bits per heavy atom. The Labute approximate surface area is 133 Å². The highest BCUT2D eigenvalue weighted by Crippen LogP contribution is 2.29. The van der Waals surface area contributed by atoms with E-state index < -0.39 is 10.0 Å². The molecule has 1 atom stereocenters. The average molecular weight is 328 g/mol. The number of rotatable bonds is 5. The molecule has 0 radical (unpaired) electrons. The molecule has 2 heterocycles. The van der Waals surface area contributed by atoms with E-state index in [1.165, 1.54) is 0 Å². The van der Waals surface area contributed by atoms with Gasteiger partial charge in [0.2, 0.25) is 10.0 Å². The van der Waals surface area contributed by atoms with Crippen LogP contribution in [0.4, 0.5) is 0 Å². The second-order valence-corrected chi connectivity index (χ2v) is 8.40. The van der Waals surface area contributed by atoms with E-state index in [-0.39, 0.29) is 6.04 Å². The first-order chi connectivity index (χ1) is 10.3. The summed E-state index contributed by atoms with van der Waals surface area (Å²) in [5.41, 5.74) is 7.10. The normalized spacial score (nSPS) is 20.7. The molecule has 0 spiro atoms. The van der Waals surface area contributed by atoms with Crippen LogP contribution in [-0.2, 0) is 16.6 Å². The van der Waals surface area contributed by atoms with E-state index in [0.29, 0.717) is 29.6 Å². The van der Waals surface area contributed by atoms with Gasteiger partial charge < -0.3 is 5.73 Å². The Morgan fingerprint density at radius 2 is 2.00 bits per heavy atom. The van der Waals surface area contributed by atoms with Gasteiger partial charge in [-0.05, 0) is 32.6 Å². The van der Waals surface area contributed by atoms with Crippen molar-refractivity contribution >= 4 is 10.0 Å². The van der Waals surface area contributed by atoms with Gasteiger partial charge in [-0.25, -0.2) is 8.42 Å². The average Bonchev–Trinajstić information content (AvgIpc) is 2.73. The van der Waals surface area contributed by atoms with E-state index in [1.807, 2.05) is 11.6 Å². The predicted octanol–water partition coefficient (Wildman–Crippen LogP) is 1.66. The molecule has 2 N–H and O–H groups in total. The molecule has 0 aliphatic carbocycles. The summed E-state index contributed by atoms with van der Waals surface area (Å²) in [5, 5.41) is 4.44. The monoisotopic (exact) mass is 328 g/mol. The summed E-state index contributed by atoms with van der Waals surface area (Å²) in [6.45, 7) is 9.46. The van der Waals surface area contributed by atoms with Crippen molar-refractivity contribution in [1.29, 1.82) is 0 Å².